The highest BCUT2D eigenvalue weighted by Gasteiger charge is 2.27. The van der Waals surface area contributed by atoms with Crippen molar-refractivity contribution in [3.8, 4) is 22.3 Å². The zero-order valence-corrected chi connectivity index (χ0v) is 14.5. The molecule has 1 fully saturated rings. The fraction of sp³-hybridized carbons (Fsp3) is 0.167. The molecule has 0 unspecified atom stereocenters. The fourth-order valence-electron chi connectivity index (χ4n) is 3.70. The average Bonchev–Trinajstić information content (AvgIpc) is 2.68. The molecule has 0 aromatic heterocycles. The van der Waals surface area contributed by atoms with Gasteiger partial charge in [0.05, 0.1) is 6.42 Å². The van der Waals surface area contributed by atoms with Crippen LogP contribution in [-0.4, -0.2) is 11.6 Å². The van der Waals surface area contributed by atoms with Gasteiger partial charge in [-0.1, -0.05) is 72.8 Å². The summed E-state index contributed by atoms with van der Waals surface area (Å²) in [6, 6.07) is 26.9. The summed E-state index contributed by atoms with van der Waals surface area (Å²) in [5.74, 6) is 0.0881. The number of Topliss-reactive ketones (excluding diaryl/α,β-unsaturated/α-hetero) is 2. The zero-order chi connectivity index (χ0) is 17.9. The Balaban J connectivity index is 1.83. The van der Waals surface area contributed by atoms with E-state index in [4.69, 9.17) is 0 Å². The summed E-state index contributed by atoms with van der Waals surface area (Å²) in [6.07, 6.45) is 1.01. The smallest absolute Gasteiger partial charge is 0.140 e. The molecule has 0 radical (unpaired) electrons. The van der Waals surface area contributed by atoms with Gasteiger partial charge in [0.2, 0.25) is 0 Å². The van der Waals surface area contributed by atoms with Gasteiger partial charge >= 0.3 is 0 Å². The van der Waals surface area contributed by atoms with Gasteiger partial charge in [0, 0.05) is 12.8 Å². The highest BCUT2D eigenvalue weighted by Crippen LogP contribution is 2.35. The van der Waals surface area contributed by atoms with E-state index >= 15 is 0 Å². The minimum atomic E-state index is -0.0186. The Labute approximate surface area is 153 Å². The molecule has 0 bridgehead atoms. The molecule has 0 atom stereocenters. The van der Waals surface area contributed by atoms with Gasteiger partial charge in [-0.3, -0.25) is 9.59 Å². The van der Waals surface area contributed by atoms with Crippen molar-refractivity contribution in [2.45, 2.75) is 25.2 Å². The number of carbonyl (C=O) groups excluding carboxylic acids is 2. The van der Waals surface area contributed by atoms with Crippen molar-refractivity contribution in [1.82, 2.24) is 0 Å². The number of carbonyl (C=O) groups is 2. The van der Waals surface area contributed by atoms with Crippen molar-refractivity contribution in [1.29, 1.82) is 0 Å². The molecule has 0 heterocycles. The largest absolute Gasteiger partial charge is 0.299 e. The first-order chi connectivity index (χ1) is 12.7. The standard InChI is InChI=1S/C24H20O2/c25-23-14-22(15-24(26)16-23)21-12-19(17-7-3-1-4-8-17)11-20(13-21)18-9-5-2-6-10-18/h1-13,22H,14-16H2. The molecular weight excluding hydrogens is 320 g/mol. The van der Waals surface area contributed by atoms with Gasteiger partial charge in [-0.2, -0.15) is 0 Å². The predicted molar refractivity (Wildman–Crippen MR) is 104 cm³/mol. The van der Waals surface area contributed by atoms with Gasteiger partial charge in [-0.05, 0) is 39.8 Å². The quantitative estimate of drug-likeness (QED) is 0.596. The Morgan fingerprint density at radius 3 is 1.50 bits per heavy atom. The first-order valence-corrected chi connectivity index (χ1v) is 8.98. The Morgan fingerprint density at radius 1 is 0.577 bits per heavy atom. The van der Waals surface area contributed by atoms with Crippen LogP contribution in [0.4, 0.5) is 0 Å². The molecule has 2 heteroatoms. The lowest BCUT2D eigenvalue weighted by atomic mass is 9.81. The van der Waals surface area contributed by atoms with Crippen molar-refractivity contribution in [2.75, 3.05) is 0 Å². The molecule has 3 aromatic rings. The Morgan fingerprint density at radius 2 is 1.04 bits per heavy atom. The van der Waals surface area contributed by atoms with Crippen LogP contribution >= 0.6 is 0 Å². The normalized spacial score (nSPS) is 15.2. The number of hydrogen-bond acceptors (Lipinski definition) is 2. The first-order valence-electron chi connectivity index (χ1n) is 8.98. The van der Waals surface area contributed by atoms with Crippen LogP contribution in [0.25, 0.3) is 22.3 Å². The number of hydrogen-bond donors (Lipinski definition) is 0. The van der Waals surface area contributed by atoms with Crippen LogP contribution in [0.2, 0.25) is 0 Å². The Bertz CT molecular complexity index is 869. The predicted octanol–water partition coefficient (Wildman–Crippen LogP) is 5.43. The molecule has 0 N–H and O–H groups in total. The molecule has 2 nitrogen and oxygen atoms in total. The third-order valence-electron chi connectivity index (χ3n) is 4.98. The summed E-state index contributed by atoms with van der Waals surface area (Å²) in [7, 11) is 0. The summed E-state index contributed by atoms with van der Waals surface area (Å²) in [5.41, 5.74) is 5.59. The lowest BCUT2D eigenvalue weighted by Crippen LogP contribution is -2.21. The van der Waals surface area contributed by atoms with Crippen LogP contribution in [0.1, 0.15) is 30.7 Å². The van der Waals surface area contributed by atoms with E-state index in [-0.39, 0.29) is 23.9 Å². The van der Waals surface area contributed by atoms with E-state index in [0.717, 1.165) is 27.8 Å². The van der Waals surface area contributed by atoms with Crippen LogP contribution in [-0.2, 0) is 9.59 Å². The molecular formula is C24H20O2. The van der Waals surface area contributed by atoms with Crippen molar-refractivity contribution in [3.63, 3.8) is 0 Å². The Hall–Kier alpha value is -3.00. The molecule has 0 saturated heterocycles. The fourth-order valence-corrected chi connectivity index (χ4v) is 3.70. The van der Waals surface area contributed by atoms with Crippen LogP contribution < -0.4 is 0 Å². The maximum Gasteiger partial charge on any atom is 0.140 e. The molecule has 3 aromatic carbocycles. The SMILES string of the molecule is O=C1CC(=O)CC(c2cc(-c3ccccc3)cc(-c3ccccc3)c2)C1. The average molecular weight is 340 g/mol. The molecule has 0 spiro atoms. The lowest BCUT2D eigenvalue weighted by Gasteiger charge is -2.22. The van der Waals surface area contributed by atoms with Crippen molar-refractivity contribution >= 4 is 11.6 Å². The van der Waals surface area contributed by atoms with Gasteiger partial charge in [0.25, 0.3) is 0 Å². The molecule has 26 heavy (non-hydrogen) atoms. The maximum atomic E-state index is 11.9. The third-order valence-corrected chi connectivity index (χ3v) is 4.98. The Kier molecular flexibility index (Phi) is 4.49. The second-order valence-corrected chi connectivity index (χ2v) is 6.94. The summed E-state index contributed by atoms with van der Waals surface area (Å²) < 4.78 is 0. The summed E-state index contributed by atoms with van der Waals surface area (Å²) in [6.45, 7) is 0. The molecule has 1 aliphatic rings. The maximum absolute atomic E-state index is 11.9. The summed E-state index contributed by atoms with van der Waals surface area (Å²) in [4.78, 5) is 23.9. The van der Waals surface area contributed by atoms with Crippen LogP contribution in [0, 0.1) is 0 Å². The van der Waals surface area contributed by atoms with Gasteiger partial charge in [0.15, 0.2) is 0 Å². The van der Waals surface area contributed by atoms with Crippen molar-refractivity contribution < 1.29 is 9.59 Å². The van der Waals surface area contributed by atoms with E-state index in [1.54, 1.807) is 0 Å². The number of ketones is 2. The minimum Gasteiger partial charge on any atom is -0.299 e. The van der Waals surface area contributed by atoms with Crippen molar-refractivity contribution in [2.24, 2.45) is 0 Å². The molecule has 128 valence electrons. The highest BCUT2D eigenvalue weighted by molar-refractivity contribution is 6.02. The zero-order valence-electron chi connectivity index (χ0n) is 14.5. The topological polar surface area (TPSA) is 34.1 Å². The molecule has 1 saturated carbocycles. The van der Waals surface area contributed by atoms with Crippen LogP contribution in [0.3, 0.4) is 0 Å². The highest BCUT2D eigenvalue weighted by atomic mass is 16.1. The van der Waals surface area contributed by atoms with Crippen molar-refractivity contribution in [3.05, 3.63) is 84.4 Å². The van der Waals surface area contributed by atoms with Crippen LogP contribution in [0.15, 0.2) is 78.9 Å². The van der Waals surface area contributed by atoms with Gasteiger partial charge in [0.1, 0.15) is 11.6 Å². The third kappa shape index (κ3) is 3.50. The summed E-state index contributed by atoms with van der Waals surface area (Å²) >= 11 is 0. The van der Waals surface area contributed by atoms with Gasteiger partial charge in [-0.25, -0.2) is 0 Å². The van der Waals surface area contributed by atoms with E-state index < -0.39 is 0 Å². The minimum absolute atomic E-state index is 0.0186. The van der Waals surface area contributed by atoms with E-state index in [1.165, 1.54) is 0 Å². The molecule has 1 aliphatic carbocycles. The van der Waals surface area contributed by atoms with Gasteiger partial charge in [-0.15, -0.1) is 0 Å². The van der Waals surface area contributed by atoms with Crippen LogP contribution in [0.5, 0.6) is 0 Å². The van der Waals surface area contributed by atoms with E-state index in [0.29, 0.717) is 12.8 Å². The molecule has 0 amide bonds. The summed E-state index contributed by atoms with van der Waals surface area (Å²) in [5, 5.41) is 0. The first kappa shape index (κ1) is 16.5. The molecule has 0 aliphatic heterocycles. The van der Waals surface area contributed by atoms with Gasteiger partial charge < -0.3 is 0 Å². The lowest BCUT2D eigenvalue weighted by molar-refractivity contribution is -0.130. The number of rotatable bonds is 3. The second-order valence-electron chi connectivity index (χ2n) is 6.94. The number of benzene rings is 3. The van der Waals surface area contributed by atoms with E-state index in [9.17, 15) is 9.59 Å². The monoisotopic (exact) mass is 340 g/mol. The molecule has 4 rings (SSSR count). The van der Waals surface area contributed by atoms with E-state index in [2.05, 4.69) is 42.5 Å². The second kappa shape index (κ2) is 7.09. The van der Waals surface area contributed by atoms with E-state index in [1.807, 2.05) is 36.4 Å².